The van der Waals surface area contributed by atoms with E-state index in [-0.39, 0.29) is 18.5 Å². The molecular weight excluding hydrogens is 410 g/mol. The number of likely N-dealkylation sites (tertiary alicyclic amines) is 2. The summed E-state index contributed by atoms with van der Waals surface area (Å²) in [7, 11) is 0. The Morgan fingerprint density at radius 1 is 0.938 bits per heavy atom. The van der Waals surface area contributed by atoms with Gasteiger partial charge in [-0.15, -0.1) is 0 Å². The Hall–Kier alpha value is -3.26. The number of carbonyl (C=O) groups excluding carboxylic acids is 1. The maximum Gasteiger partial charge on any atom is 0.290 e. The molecule has 0 atom stereocenters. The number of amides is 1. The van der Waals surface area contributed by atoms with E-state index in [2.05, 4.69) is 51.2 Å². The third-order valence-electron chi connectivity index (χ3n) is 6.09. The van der Waals surface area contributed by atoms with Crippen LogP contribution in [0.5, 0.6) is 0 Å². The molecule has 4 rings (SSSR count). The molecule has 1 aromatic carbocycles. The van der Waals surface area contributed by atoms with Crippen LogP contribution >= 0.6 is 0 Å². The third kappa shape index (κ3) is 7.16. The number of carboxylic acid groups (broad SMARTS) is 2. The van der Waals surface area contributed by atoms with Crippen molar-refractivity contribution in [3.8, 4) is 0 Å². The van der Waals surface area contributed by atoms with E-state index in [0.29, 0.717) is 18.9 Å². The molecule has 2 fully saturated rings. The SMILES string of the molecule is O=C1CCC2(CCN(CCc3ccccc3)CC2)N1Cc1cccnc1.O=CO.O=CO. The van der Waals surface area contributed by atoms with Gasteiger partial charge in [0.1, 0.15) is 0 Å². The Morgan fingerprint density at radius 3 is 2.16 bits per heavy atom. The van der Waals surface area contributed by atoms with Crippen LogP contribution in [0.25, 0.3) is 0 Å². The molecule has 0 radical (unpaired) electrons. The Balaban J connectivity index is 0.000000547. The highest BCUT2D eigenvalue weighted by Crippen LogP contribution is 2.40. The van der Waals surface area contributed by atoms with Gasteiger partial charge in [0.15, 0.2) is 0 Å². The van der Waals surface area contributed by atoms with Crippen molar-refractivity contribution in [2.24, 2.45) is 0 Å². The molecule has 1 amide bonds. The zero-order valence-corrected chi connectivity index (χ0v) is 18.2. The molecule has 2 aromatic rings. The maximum atomic E-state index is 12.5. The molecular formula is C24H31N3O5. The first-order chi connectivity index (χ1) is 15.6. The topological polar surface area (TPSA) is 111 Å². The van der Waals surface area contributed by atoms with Gasteiger partial charge < -0.3 is 20.0 Å². The average Bonchev–Trinajstić information content (AvgIpc) is 3.11. The van der Waals surface area contributed by atoms with Crippen LogP contribution in [0.15, 0.2) is 54.9 Å². The van der Waals surface area contributed by atoms with Gasteiger partial charge in [0.05, 0.1) is 0 Å². The average molecular weight is 442 g/mol. The summed E-state index contributed by atoms with van der Waals surface area (Å²) in [6.07, 6.45) is 8.67. The third-order valence-corrected chi connectivity index (χ3v) is 6.09. The van der Waals surface area contributed by atoms with Crippen LogP contribution in [0.4, 0.5) is 0 Å². The monoisotopic (exact) mass is 441 g/mol. The predicted molar refractivity (Wildman–Crippen MR) is 120 cm³/mol. The van der Waals surface area contributed by atoms with E-state index in [9.17, 15) is 4.79 Å². The summed E-state index contributed by atoms with van der Waals surface area (Å²) in [4.78, 5) is 38.2. The number of hydrogen-bond donors (Lipinski definition) is 2. The first-order valence-electron chi connectivity index (χ1n) is 10.7. The number of benzene rings is 1. The van der Waals surface area contributed by atoms with Crippen molar-refractivity contribution in [2.75, 3.05) is 19.6 Å². The van der Waals surface area contributed by atoms with Crippen LogP contribution in [0.3, 0.4) is 0 Å². The maximum absolute atomic E-state index is 12.5. The summed E-state index contributed by atoms with van der Waals surface area (Å²) >= 11 is 0. The van der Waals surface area contributed by atoms with Gasteiger partial charge in [0.2, 0.25) is 5.91 Å². The zero-order chi connectivity index (χ0) is 23.2. The lowest BCUT2D eigenvalue weighted by molar-refractivity contribution is -0.133. The van der Waals surface area contributed by atoms with E-state index < -0.39 is 0 Å². The van der Waals surface area contributed by atoms with Crippen molar-refractivity contribution in [1.29, 1.82) is 0 Å². The smallest absolute Gasteiger partial charge is 0.290 e. The van der Waals surface area contributed by atoms with Crippen LogP contribution < -0.4 is 0 Å². The van der Waals surface area contributed by atoms with Gasteiger partial charge in [-0.25, -0.2) is 0 Å². The first-order valence-corrected chi connectivity index (χ1v) is 10.7. The molecule has 32 heavy (non-hydrogen) atoms. The highest BCUT2D eigenvalue weighted by atomic mass is 16.3. The van der Waals surface area contributed by atoms with Crippen molar-refractivity contribution in [3.63, 3.8) is 0 Å². The fourth-order valence-electron chi connectivity index (χ4n) is 4.45. The minimum atomic E-state index is -0.250. The summed E-state index contributed by atoms with van der Waals surface area (Å²) < 4.78 is 0. The van der Waals surface area contributed by atoms with Gasteiger partial charge in [0, 0.05) is 50.5 Å². The lowest BCUT2D eigenvalue weighted by Gasteiger charge is -2.45. The molecule has 0 aliphatic carbocycles. The molecule has 0 bridgehead atoms. The van der Waals surface area contributed by atoms with Gasteiger partial charge in [0.25, 0.3) is 12.9 Å². The molecule has 8 nitrogen and oxygen atoms in total. The van der Waals surface area contributed by atoms with Crippen molar-refractivity contribution in [1.82, 2.24) is 14.8 Å². The number of hydrogen-bond acceptors (Lipinski definition) is 5. The summed E-state index contributed by atoms with van der Waals surface area (Å²) in [5.41, 5.74) is 2.60. The second-order valence-electron chi connectivity index (χ2n) is 7.85. The molecule has 2 aliphatic heterocycles. The lowest BCUT2D eigenvalue weighted by Crippen LogP contribution is -2.53. The number of carbonyl (C=O) groups is 3. The largest absolute Gasteiger partial charge is 0.483 e. The van der Waals surface area contributed by atoms with Gasteiger partial charge in [-0.3, -0.25) is 19.4 Å². The van der Waals surface area contributed by atoms with Crippen LogP contribution in [0.2, 0.25) is 0 Å². The quantitative estimate of drug-likeness (QED) is 0.686. The van der Waals surface area contributed by atoms with Gasteiger partial charge >= 0.3 is 0 Å². The van der Waals surface area contributed by atoms with Crippen LogP contribution in [0, 0.1) is 0 Å². The van der Waals surface area contributed by atoms with Crippen molar-refractivity contribution < 1.29 is 24.6 Å². The number of rotatable bonds is 5. The zero-order valence-electron chi connectivity index (χ0n) is 18.2. The first kappa shape index (κ1) is 25.0. The highest BCUT2D eigenvalue weighted by Gasteiger charge is 2.46. The fraction of sp³-hybridized carbons (Fsp3) is 0.417. The Bertz CT molecular complexity index is 818. The molecule has 0 unspecified atom stereocenters. The minimum absolute atomic E-state index is 0.0656. The normalized spacial score (nSPS) is 17.0. The highest BCUT2D eigenvalue weighted by molar-refractivity contribution is 5.79. The van der Waals surface area contributed by atoms with E-state index in [0.717, 1.165) is 50.9 Å². The summed E-state index contributed by atoms with van der Waals surface area (Å²) in [6, 6.07) is 14.7. The van der Waals surface area contributed by atoms with Gasteiger partial charge in [-0.2, -0.15) is 0 Å². The second kappa shape index (κ2) is 13.2. The Kier molecular flexibility index (Phi) is 10.3. The van der Waals surface area contributed by atoms with Crippen LogP contribution in [-0.2, 0) is 27.3 Å². The molecule has 0 saturated carbocycles. The summed E-state index contributed by atoms with van der Waals surface area (Å²) in [5, 5.41) is 13.8. The van der Waals surface area contributed by atoms with Gasteiger partial charge in [-0.1, -0.05) is 36.4 Å². The Morgan fingerprint density at radius 2 is 1.56 bits per heavy atom. The Labute approximate surface area is 188 Å². The minimum Gasteiger partial charge on any atom is -0.483 e. The molecule has 172 valence electrons. The molecule has 3 heterocycles. The van der Waals surface area contributed by atoms with E-state index >= 15 is 0 Å². The van der Waals surface area contributed by atoms with Gasteiger partial charge in [-0.05, 0) is 42.9 Å². The molecule has 2 aliphatic rings. The van der Waals surface area contributed by atoms with Crippen LogP contribution in [0.1, 0.15) is 36.8 Å². The standard InChI is InChI=1S/C22H27N3O.2CH2O2/c26-21-8-10-22(25(21)18-20-7-4-13-23-17-20)11-15-24(16-12-22)14-9-19-5-2-1-3-6-19;2*2-1-3/h1-7,13,17H,8-12,14-16,18H2;2*1H,(H,2,3). The molecule has 1 aromatic heterocycles. The summed E-state index contributed by atoms with van der Waals surface area (Å²) in [5.74, 6) is 0.312. The second-order valence-corrected chi connectivity index (χ2v) is 7.85. The van der Waals surface area contributed by atoms with Crippen molar-refractivity contribution in [2.45, 2.75) is 44.2 Å². The number of piperidine rings is 1. The number of nitrogens with zero attached hydrogens (tertiary/aromatic N) is 3. The predicted octanol–water partition coefficient (Wildman–Crippen LogP) is 2.68. The number of aromatic nitrogens is 1. The van der Waals surface area contributed by atoms with Crippen LogP contribution in [-0.4, -0.2) is 69.0 Å². The molecule has 8 heteroatoms. The molecule has 1 spiro atoms. The molecule has 2 saturated heterocycles. The molecule has 2 N–H and O–H groups in total. The van der Waals surface area contributed by atoms with E-state index in [1.54, 1.807) is 6.20 Å². The van der Waals surface area contributed by atoms with Crippen molar-refractivity contribution >= 4 is 18.9 Å². The van der Waals surface area contributed by atoms with E-state index in [4.69, 9.17) is 19.8 Å². The lowest BCUT2D eigenvalue weighted by atomic mass is 9.84. The van der Waals surface area contributed by atoms with Crippen molar-refractivity contribution in [3.05, 3.63) is 66.0 Å². The number of pyridine rings is 1. The summed E-state index contributed by atoms with van der Waals surface area (Å²) in [6.45, 7) is 3.49. The van der Waals surface area contributed by atoms with E-state index in [1.165, 1.54) is 5.56 Å². The van der Waals surface area contributed by atoms with E-state index in [1.807, 2.05) is 12.3 Å². The fourth-order valence-corrected chi connectivity index (χ4v) is 4.45.